The van der Waals surface area contributed by atoms with Gasteiger partial charge in [-0.05, 0) is 31.6 Å². The summed E-state index contributed by atoms with van der Waals surface area (Å²) in [6.45, 7) is 2.26. The Morgan fingerprint density at radius 2 is 2.16 bits per heavy atom. The minimum absolute atomic E-state index is 0.0139. The molecule has 1 aliphatic carbocycles. The van der Waals surface area contributed by atoms with Gasteiger partial charge in [0.25, 0.3) is 0 Å². The van der Waals surface area contributed by atoms with E-state index in [1.807, 2.05) is 0 Å². The fraction of sp³-hybridized carbons (Fsp3) is 0.750. The van der Waals surface area contributed by atoms with Crippen LogP contribution in [0.1, 0.15) is 32.6 Å². The van der Waals surface area contributed by atoms with Crippen LogP contribution in [0.4, 0.5) is 0 Å². The van der Waals surface area contributed by atoms with E-state index in [-0.39, 0.29) is 11.6 Å². The minimum atomic E-state index is -0.260. The molecule has 0 unspecified atom stereocenters. The van der Waals surface area contributed by atoms with Gasteiger partial charge in [-0.15, -0.1) is 5.10 Å². The molecule has 0 saturated heterocycles. The normalized spacial score (nSPS) is 23.3. The summed E-state index contributed by atoms with van der Waals surface area (Å²) in [5, 5.41) is 9.79. The SMILES string of the molecule is CC1CCC(NC(=O)CSc2n[nH]c(=O)n2C)CC1. The first-order chi connectivity index (χ1) is 9.06. The predicted molar refractivity (Wildman–Crippen MR) is 74.1 cm³/mol. The van der Waals surface area contributed by atoms with E-state index in [1.54, 1.807) is 7.05 Å². The summed E-state index contributed by atoms with van der Waals surface area (Å²) in [7, 11) is 1.63. The van der Waals surface area contributed by atoms with E-state index in [9.17, 15) is 9.59 Å². The number of amides is 1. The van der Waals surface area contributed by atoms with Crippen molar-refractivity contribution in [1.29, 1.82) is 0 Å². The molecule has 0 aliphatic heterocycles. The topological polar surface area (TPSA) is 79.8 Å². The first-order valence-electron chi connectivity index (χ1n) is 6.60. The number of aromatic amines is 1. The van der Waals surface area contributed by atoms with Crippen LogP contribution >= 0.6 is 11.8 Å². The van der Waals surface area contributed by atoms with E-state index >= 15 is 0 Å². The van der Waals surface area contributed by atoms with Crippen LogP contribution in [0.3, 0.4) is 0 Å². The molecule has 0 atom stereocenters. The van der Waals surface area contributed by atoms with Crippen LogP contribution in [-0.4, -0.2) is 32.5 Å². The Labute approximate surface area is 116 Å². The molecular formula is C12H20N4O2S. The Morgan fingerprint density at radius 3 is 2.74 bits per heavy atom. The third kappa shape index (κ3) is 3.86. The van der Waals surface area contributed by atoms with Crippen molar-refractivity contribution >= 4 is 17.7 Å². The van der Waals surface area contributed by atoms with Crippen molar-refractivity contribution in [3.8, 4) is 0 Å². The standard InChI is InChI=1S/C12H20N4O2S/c1-8-3-5-9(6-4-8)13-10(17)7-19-12-15-14-11(18)16(12)2/h8-9H,3-7H2,1-2H3,(H,13,17)(H,14,18). The van der Waals surface area contributed by atoms with Gasteiger partial charge in [0.15, 0.2) is 5.16 Å². The van der Waals surface area contributed by atoms with Gasteiger partial charge in [-0.2, -0.15) is 0 Å². The van der Waals surface area contributed by atoms with Crippen LogP contribution in [0, 0.1) is 5.92 Å². The molecule has 0 spiro atoms. The molecule has 106 valence electrons. The lowest BCUT2D eigenvalue weighted by Gasteiger charge is -2.26. The Balaban J connectivity index is 1.76. The first-order valence-corrected chi connectivity index (χ1v) is 7.58. The third-order valence-corrected chi connectivity index (χ3v) is 4.58. The lowest BCUT2D eigenvalue weighted by atomic mass is 9.87. The highest BCUT2D eigenvalue weighted by atomic mass is 32.2. The zero-order valence-electron chi connectivity index (χ0n) is 11.3. The Bertz CT molecular complexity index is 488. The van der Waals surface area contributed by atoms with E-state index in [1.165, 1.54) is 29.2 Å². The van der Waals surface area contributed by atoms with Crippen LogP contribution in [0.2, 0.25) is 0 Å². The molecule has 1 heterocycles. The number of thioether (sulfide) groups is 1. The zero-order chi connectivity index (χ0) is 13.8. The van der Waals surface area contributed by atoms with Gasteiger partial charge in [-0.1, -0.05) is 18.7 Å². The van der Waals surface area contributed by atoms with E-state index in [0.717, 1.165) is 18.8 Å². The minimum Gasteiger partial charge on any atom is -0.353 e. The molecule has 1 saturated carbocycles. The van der Waals surface area contributed by atoms with Crippen molar-refractivity contribution < 1.29 is 4.79 Å². The molecule has 1 amide bonds. The monoisotopic (exact) mass is 284 g/mol. The molecule has 1 aliphatic rings. The third-order valence-electron chi connectivity index (χ3n) is 3.55. The highest BCUT2D eigenvalue weighted by molar-refractivity contribution is 7.99. The Hall–Kier alpha value is -1.24. The number of aromatic nitrogens is 3. The molecule has 2 rings (SSSR count). The number of hydrogen-bond donors (Lipinski definition) is 2. The van der Waals surface area contributed by atoms with Crippen LogP contribution in [0.15, 0.2) is 9.95 Å². The second kappa shape index (κ2) is 6.27. The fourth-order valence-electron chi connectivity index (χ4n) is 2.27. The smallest absolute Gasteiger partial charge is 0.343 e. The number of H-pyrrole nitrogens is 1. The molecule has 19 heavy (non-hydrogen) atoms. The summed E-state index contributed by atoms with van der Waals surface area (Å²) in [4.78, 5) is 23.0. The van der Waals surface area contributed by atoms with Gasteiger partial charge in [0.2, 0.25) is 5.91 Å². The maximum atomic E-state index is 11.8. The van der Waals surface area contributed by atoms with Gasteiger partial charge < -0.3 is 5.32 Å². The number of rotatable bonds is 4. The fourth-order valence-corrected chi connectivity index (χ4v) is 3.00. The number of nitrogens with zero attached hydrogens (tertiary/aromatic N) is 2. The van der Waals surface area contributed by atoms with Crippen LogP contribution in [0.5, 0.6) is 0 Å². The van der Waals surface area contributed by atoms with Crippen molar-refractivity contribution in [2.75, 3.05) is 5.75 Å². The number of nitrogens with one attached hydrogen (secondary N) is 2. The van der Waals surface area contributed by atoms with Crippen LogP contribution in [0.25, 0.3) is 0 Å². The van der Waals surface area contributed by atoms with Gasteiger partial charge in [0.1, 0.15) is 0 Å². The van der Waals surface area contributed by atoms with E-state index in [4.69, 9.17) is 0 Å². The first kappa shape index (κ1) is 14.2. The maximum absolute atomic E-state index is 11.8. The van der Waals surface area contributed by atoms with E-state index in [0.29, 0.717) is 17.0 Å². The maximum Gasteiger partial charge on any atom is 0.343 e. The number of carbonyl (C=O) groups excluding carboxylic acids is 1. The van der Waals surface area contributed by atoms with E-state index in [2.05, 4.69) is 22.4 Å². The molecule has 1 fully saturated rings. The molecule has 1 aromatic heterocycles. The quantitative estimate of drug-likeness (QED) is 0.805. The van der Waals surface area contributed by atoms with Crippen LogP contribution in [-0.2, 0) is 11.8 Å². The lowest BCUT2D eigenvalue weighted by molar-refractivity contribution is -0.119. The van der Waals surface area contributed by atoms with Crippen molar-refractivity contribution in [1.82, 2.24) is 20.1 Å². The molecule has 0 radical (unpaired) electrons. The summed E-state index contributed by atoms with van der Waals surface area (Å²) >= 11 is 1.27. The molecule has 2 N–H and O–H groups in total. The largest absolute Gasteiger partial charge is 0.353 e. The van der Waals surface area contributed by atoms with Crippen molar-refractivity contribution in [2.45, 2.75) is 43.8 Å². The Morgan fingerprint density at radius 1 is 1.47 bits per heavy atom. The van der Waals surface area contributed by atoms with Gasteiger partial charge in [0.05, 0.1) is 5.75 Å². The number of carbonyl (C=O) groups is 1. The van der Waals surface area contributed by atoms with Crippen molar-refractivity contribution in [2.24, 2.45) is 13.0 Å². The molecule has 6 nitrogen and oxygen atoms in total. The highest BCUT2D eigenvalue weighted by Gasteiger charge is 2.19. The van der Waals surface area contributed by atoms with Gasteiger partial charge >= 0.3 is 5.69 Å². The molecule has 0 bridgehead atoms. The summed E-state index contributed by atoms with van der Waals surface area (Å²) in [6, 6.07) is 0.312. The molecular weight excluding hydrogens is 264 g/mol. The molecule has 0 aromatic carbocycles. The zero-order valence-corrected chi connectivity index (χ0v) is 12.1. The van der Waals surface area contributed by atoms with Gasteiger partial charge in [-0.3, -0.25) is 9.36 Å². The van der Waals surface area contributed by atoms with Crippen LogP contribution < -0.4 is 11.0 Å². The molecule has 7 heteroatoms. The summed E-state index contributed by atoms with van der Waals surface area (Å²) < 4.78 is 1.40. The summed E-state index contributed by atoms with van der Waals surface area (Å²) in [5.74, 6) is 1.09. The summed E-state index contributed by atoms with van der Waals surface area (Å²) in [5.41, 5.74) is -0.260. The average molecular weight is 284 g/mol. The highest BCUT2D eigenvalue weighted by Crippen LogP contribution is 2.23. The van der Waals surface area contributed by atoms with Crippen molar-refractivity contribution in [3.63, 3.8) is 0 Å². The summed E-state index contributed by atoms with van der Waals surface area (Å²) in [6.07, 6.45) is 4.51. The number of hydrogen-bond acceptors (Lipinski definition) is 4. The molecule has 1 aromatic rings. The lowest BCUT2D eigenvalue weighted by Crippen LogP contribution is -2.38. The second-order valence-electron chi connectivity index (χ2n) is 5.18. The van der Waals surface area contributed by atoms with E-state index < -0.39 is 0 Å². The van der Waals surface area contributed by atoms with Crippen molar-refractivity contribution in [3.05, 3.63) is 10.5 Å². The van der Waals surface area contributed by atoms with Gasteiger partial charge in [0, 0.05) is 13.1 Å². The second-order valence-corrected chi connectivity index (χ2v) is 6.13. The average Bonchev–Trinajstić information content (AvgIpc) is 2.70. The predicted octanol–water partition coefficient (Wildman–Crippen LogP) is 0.895. The van der Waals surface area contributed by atoms with Gasteiger partial charge in [-0.25, -0.2) is 9.89 Å². The Kier molecular flexibility index (Phi) is 4.68.